The molecule has 0 aliphatic carbocycles. The Kier molecular flexibility index (Phi) is 3.58. The van der Waals surface area contributed by atoms with Gasteiger partial charge in [0.15, 0.2) is 0 Å². The molecular weight excluding hydrogens is 274 g/mol. The minimum absolute atomic E-state index is 0.0316. The molecule has 0 heterocycles. The molecular formula is C15H17NO3S. The highest BCUT2D eigenvalue weighted by Gasteiger charge is 2.19. The van der Waals surface area contributed by atoms with Crippen LogP contribution in [0.2, 0.25) is 0 Å². The average Bonchev–Trinajstić information content (AvgIpc) is 2.38. The van der Waals surface area contributed by atoms with Crippen molar-refractivity contribution in [3.8, 4) is 5.75 Å². The second-order valence-corrected chi connectivity index (χ2v) is 7.19. The first kappa shape index (κ1) is 14.6. The number of phenols is 1. The highest BCUT2D eigenvalue weighted by molar-refractivity contribution is 7.91. The molecule has 2 aromatic carbocycles. The summed E-state index contributed by atoms with van der Waals surface area (Å²) in [5, 5.41) is 9.21. The maximum Gasteiger partial charge on any atom is 0.206 e. The van der Waals surface area contributed by atoms with Gasteiger partial charge in [-0.05, 0) is 55.8 Å². The first-order chi connectivity index (χ1) is 9.21. The van der Waals surface area contributed by atoms with Crippen LogP contribution in [-0.4, -0.2) is 13.5 Å². The number of hydrogen-bond acceptors (Lipinski definition) is 4. The van der Waals surface area contributed by atoms with Gasteiger partial charge in [-0.2, -0.15) is 0 Å². The zero-order valence-electron chi connectivity index (χ0n) is 11.4. The van der Waals surface area contributed by atoms with Crippen LogP contribution in [0, 0.1) is 0 Å². The van der Waals surface area contributed by atoms with Crippen molar-refractivity contribution in [2.75, 3.05) is 0 Å². The Morgan fingerprint density at radius 2 is 1.30 bits per heavy atom. The van der Waals surface area contributed by atoms with Crippen LogP contribution in [0.15, 0.2) is 58.3 Å². The lowest BCUT2D eigenvalue weighted by Crippen LogP contribution is -2.28. The van der Waals surface area contributed by atoms with Gasteiger partial charge in [0.25, 0.3) is 0 Å². The number of benzene rings is 2. The predicted octanol–water partition coefficient (Wildman–Crippen LogP) is 2.42. The summed E-state index contributed by atoms with van der Waals surface area (Å²) in [6.45, 7) is 3.72. The van der Waals surface area contributed by atoms with E-state index in [0.717, 1.165) is 5.56 Å². The van der Waals surface area contributed by atoms with Gasteiger partial charge in [0.05, 0.1) is 9.79 Å². The van der Waals surface area contributed by atoms with Gasteiger partial charge >= 0.3 is 0 Å². The molecule has 3 N–H and O–H groups in total. The van der Waals surface area contributed by atoms with Gasteiger partial charge in [0.1, 0.15) is 5.75 Å². The van der Waals surface area contributed by atoms with Crippen LogP contribution < -0.4 is 5.73 Å². The highest BCUT2D eigenvalue weighted by Crippen LogP contribution is 2.25. The van der Waals surface area contributed by atoms with E-state index in [1.807, 2.05) is 13.8 Å². The average molecular weight is 291 g/mol. The van der Waals surface area contributed by atoms with Crippen molar-refractivity contribution < 1.29 is 13.5 Å². The van der Waals surface area contributed by atoms with Gasteiger partial charge in [0.2, 0.25) is 9.84 Å². The van der Waals surface area contributed by atoms with Gasteiger partial charge in [-0.25, -0.2) is 8.42 Å². The van der Waals surface area contributed by atoms with Crippen LogP contribution in [0.5, 0.6) is 5.75 Å². The smallest absolute Gasteiger partial charge is 0.206 e. The molecule has 2 rings (SSSR count). The molecule has 106 valence electrons. The fourth-order valence-electron chi connectivity index (χ4n) is 1.83. The van der Waals surface area contributed by atoms with Crippen LogP contribution in [0.1, 0.15) is 19.4 Å². The Bertz CT molecular complexity index is 696. The molecule has 0 unspecified atom stereocenters. The number of phenolic OH excluding ortho intramolecular Hbond substituents is 1. The molecule has 2 aromatic rings. The van der Waals surface area contributed by atoms with Crippen molar-refractivity contribution in [1.82, 2.24) is 0 Å². The first-order valence-electron chi connectivity index (χ1n) is 6.15. The minimum atomic E-state index is -3.57. The number of rotatable bonds is 3. The molecule has 4 nitrogen and oxygen atoms in total. The fraction of sp³-hybridized carbons (Fsp3) is 0.200. The number of sulfone groups is 1. The Labute approximate surface area is 118 Å². The maximum absolute atomic E-state index is 12.4. The topological polar surface area (TPSA) is 80.4 Å². The van der Waals surface area contributed by atoms with E-state index in [1.54, 1.807) is 24.3 Å². The molecule has 0 aromatic heterocycles. The van der Waals surface area contributed by atoms with Crippen molar-refractivity contribution in [3.63, 3.8) is 0 Å². The molecule has 0 atom stereocenters. The first-order valence-corrected chi connectivity index (χ1v) is 7.63. The van der Waals surface area contributed by atoms with Crippen molar-refractivity contribution in [2.45, 2.75) is 29.2 Å². The van der Waals surface area contributed by atoms with Crippen molar-refractivity contribution in [1.29, 1.82) is 0 Å². The minimum Gasteiger partial charge on any atom is -0.508 e. The molecule has 0 bridgehead atoms. The predicted molar refractivity (Wildman–Crippen MR) is 77.2 cm³/mol. The summed E-state index contributed by atoms with van der Waals surface area (Å²) in [6, 6.07) is 12.0. The zero-order valence-corrected chi connectivity index (χ0v) is 12.2. The fourth-order valence-corrected chi connectivity index (χ4v) is 3.09. The number of hydrogen-bond donors (Lipinski definition) is 2. The van der Waals surface area contributed by atoms with Gasteiger partial charge < -0.3 is 10.8 Å². The Hall–Kier alpha value is -1.85. The van der Waals surface area contributed by atoms with Crippen LogP contribution in [0.25, 0.3) is 0 Å². The van der Waals surface area contributed by atoms with E-state index in [-0.39, 0.29) is 15.5 Å². The summed E-state index contributed by atoms with van der Waals surface area (Å²) in [5.74, 6) is 0.0316. The van der Waals surface area contributed by atoms with Crippen molar-refractivity contribution in [2.24, 2.45) is 5.73 Å². The van der Waals surface area contributed by atoms with E-state index in [4.69, 9.17) is 5.73 Å². The zero-order chi connectivity index (χ0) is 15.0. The molecule has 0 aliphatic heterocycles. The number of aromatic hydroxyl groups is 1. The lowest BCUT2D eigenvalue weighted by molar-refractivity contribution is 0.475. The molecule has 5 heteroatoms. The van der Waals surface area contributed by atoms with Crippen LogP contribution in [0.3, 0.4) is 0 Å². The lowest BCUT2D eigenvalue weighted by atomic mass is 9.96. The molecule has 20 heavy (non-hydrogen) atoms. The standard InChI is InChI=1S/C15H17NO3S/c1-15(2,16)11-3-7-13(8-4-11)20(18,19)14-9-5-12(17)6-10-14/h3-10,17H,16H2,1-2H3. The third-order valence-corrected chi connectivity index (χ3v) is 4.84. The van der Waals surface area contributed by atoms with E-state index in [9.17, 15) is 13.5 Å². The van der Waals surface area contributed by atoms with Crippen molar-refractivity contribution >= 4 is 9.84 Å². The van der Waals surface area contributed by atoms with Crippen LogP contribution in [0.4, 0.5) is 0 Å². The van der Waals surface area contributed by atoms with E-state index < -0.39 is 15.4 Å². The Morgan fingerprint density at radius 3 is 1.70 bits per heavy atom. The lowest BCUT2D eigenvalue weighted by Gasteiger charge is -2.19. The second-order valence-electron chi connectivity index (χ2n) is 5.24. The summed E-state index contributed by atoms with van der Waals surface area (Å²) < 4.78 is 24.8. The summed E-state index contributed by atoms with van der Waals surface area (Å²) in [7, 11) is -3.57. The molecule has 0 saturated heterocycles. The van der Waals surface area contributed by atoms with Gasteiger partial charge in [-0.15, -0.1) is 0 Å². The van der Waals surface area contributed by atoms with E-state index in [0.29, 0.717) is 0 Å². The summed E-state index contributed by atoms with van der Waals surface area (Å²) in [4.78, 5) is 0.353. The molecule has 0 radical (unpaired) electrons. The molecule has 0 aliphatic rings. The van der Waals surface area contributed by atoms with Gasteiger partial charge in [0, 0.05) is 5.54 Å². The Balaban J connectivity index is 2.42. The van der Waals surface area contributed by atoms with E-state index in [1.165, 1.54) is 24.3 Å². The SMILES string of the molecule is CC(C)(N)c1ccc(S(=O)(=O)c2ccc(O)cc2)cc1. The van der Waals surface area contributed by atoms with E-state index >= 15 is 0 Å². The molecule has 0 amide bonds. The molecule has 0 spiro atoms. The van der Waals surface area contributed by atoms with Crippen molar-refractivity contribution in [3.05, 3.63) is 54.1 Å². The van der Waals surface area contributed by atoms with E-state index in [2.05, 4.69) is 0 Å². The maximum atomic E-state index is 12.4. The van der Waals surface area contributed by atoms with Crippen LogP contribution >= 0.6 is 0 Å². The van der Waals surface area contributed by atoms with Gasteiger partial charge in [-0.1, -0.05) is 12.1 Å². The Morgan fingerprint density at radius 1 is 0.900 bits per heavy atom. The van der Waals surface area contributed by atoms with Gasteiger partial charge in [-0.3, -0.25) is 0 Å². The number of nitrogens with two attached hydrogens (primary N) is 1. The summed E-state index contributed by atoms with van der Waals surface area (Å²) >= 11 is 0. The third-order valence-electron chi connectivity index (χ3n) is 3.06. The normalized spacial score (nSPS) is 12.3. The summed E-state index contributed by atoms with van der Waals surface area (Å²) in [5.41, 5.74) is 6.32. The van der Waals surface area contributed by atoms with Crippen LogP contribution in [-0.2, 0) is 15.4 Å². The monoisotopic (exact) mass is 291 g/mol. The summed E-state index contributed by atoms with van der Waals surface area (Å²) in [6.07, 6.45) is 0. The third kappa shape index (κ3) is 2.84. The molecule has 0 saturated carbocycles. The largest absolute Gasteiger partial charge is 0.508 e. The highest BCUT2D eigenvalue weighted by atomic mass is 32.2. The molecule has 0 fully saturated rings. The quantitative estimate of drug-likeness (QED) is 0.910. The second kappa shape index (κ2) is 4.92.